The summed E-state index contributed by atoms with van der Waals surface area (Å²) >= 11 is 4.99. The maximum Gasteiger partial charge on any atom is 0.271 e. The van der Waals surface area contributed by atoms with Crippen LogP contribution < -0.4 is 11.6 Å². The molecule has 0 unspecified atom stereocenters. The van der Waals surface area contributed by atoms with Gasteiger partial charge in [-0.05, 0) is 6.07 Å². The van der Waals surface area contributed by atoms with Crippen molar-refractivity contribution in [1.29, 1.82) is 0 Å². The van der Waals surface area contributed by atoms with E-state index in [9.17, 15) is 10.1 Å². The lowest BCUT2D eigenvalue weighted by molar-refractivity contribution is -0.384. The Kier molecular flexibility index (Phi) is 3.17. The number of benzene rings is 1. The van der Waals surface area contributed by atoms with Gasteiger partial charge in [0.05, 0.1) is 4.92 Å². The van der Waals surface area contributed by atoms with Gasteiger partial charge in [0.2, 0.25) is 0 Å². The van der Waals surface area contributed by atoms with Crippen LogP contribution in [0.15, 0.2) is 18.2 Å². The molecular weight excluding hydrogens is 216 g/mol. The van der Waals surface area contributed by atoms with E-state index in [-0.39, 0.29) is 11.4 Å². The number of nitrogen functional groups attached to an aromatic ring is 1. The molecule has 0 radical (unpaired) electrons. The molecule has 0 fully saturated rings. The number of nitrogens with two attached hydrogens (primary N) is 2. The van der Waals surface area contributed by atoms with Crippen molar-refractivity contribution < 1.29 is 4.92 Å². The van der Waals surface area contributed by atoms with Crippen LogP contribution in [0.3, 0.4) is 0 Å². The number of nitro groups is 1. The van der Waals surface area contributed by atoms with Crippen LogP contribution in [0.25, 0.3) is 0 Å². The molecule has 0 aromatic heterocycles. The first-order valence-corrected chi connectivity index (χ1v) is 4.41. The van der Waals surface area contributed by atoms with Gasteiger partial charge in [-0.1, -0.05) is 12.2 Å². The first kappa shape index (κ1) is 11.3. The van der Waals surface area contributed by atoms with E-state index in [0.29, 0.717) is 10.6 Å². The van der Waals surface area contributed by atoms with Gasteiger partial charge >= 0.3 is 0 Å². The highest BCUT2D eigenvalue weighted by atomic mass is 32.1. The van der Waals surface area contributed by atoms with Gasteiger partial charge in [-0.25, -0.2) is 5.84 Å². The average molecular weight is 226 g/mol. The molecule has 0 atom stereocenters. The molecule has 0 amide bonds. The van der Waals surface area contributed by atoms with Crippen molar-refractivity contribution in [3.8, 4) is 0 Å². The Morgan fingerprint density at radius 1 is 1.60 bits per heavy atom. The van der Waals surface area contributed by atoms with Crippen molar-refractivity contribution in [2.45, 2.75) is 0 Å². The Morgan fingerprint density at radius 2 is 2.20 bits per heavy atom. The number of non-ortho nitro benzene ring substituents is 1. The summed E-state index contributed by atoms with van der Waals surface area (Å²) < 4.78 is 0. The van der Waals surface area contributed by atoms with Crippen molar-refractivity contribution in [3.05, 3.63) is 33.9 Å². The SMILES string of the molecule is CN(N)C(=S)c1ccc([N+](=O)[O-])cc1N. The zero-order chi connectivity index (χ0) is 11.6. The van der Waals surface area contributed by atoms with Gasteiger partial charge in [0.15, 0.2) is 0 Å². The van der Waals surface area contributed by atoms with E-state index in [2.05, 4.69) is 0 Å². The first-order chi connectivity index (χ1) is 6.93. The first-order valence-electron chi connectivity index (χ1n) is 4.00. The molecule has 0 aliphatic carbocycles. The minimum atomic E-state index is -0.519. The van der Waals surface area contributed by atoms with Crippen LogP contribution in [-0.2, 0) is 0 Å². The minimum Gasteiger partial charge on any atom is -0.398 e. The maximum atomic E-state index is 10.5. The molecule has 7 heteroatoms. The second-order valence-electron chi connectivity index (χ2n) is 2.94. The molecule has 0 bridgehead atoms. The van der Waals surface area contributed by atoms with E-state index >= 15 is 0 Å². The van der Waals surface area contributed by atoms with Crippen LogP contribution in [0.4, 0.5) is 11.4 Å². The molecule has 0 spiro atoms. The number of nitrogens with zero attached hydrogens (tertiary/aromatic N) is 2. The normalized spacial score (nSPS) is 9.73. The fraction of sp³-hybridized carbons (Fsp3) is 0.125. The summed E-state index contributed by atoms with van der Waals surface area (Å²) in [7, 11) is 1.57. The topological polar surface area (TPSA) is 98.4 Å². The van der Waals surface area contributed by atoms with Crippen LogP contribution in [0.1, 0.15) is 5.56 Å². The number of anilines is 1. The van der Waals surface area contributed by atoms with Crippen molar-refractivity contribution in [2.24, 2.45) is 5.84 Å². The van der Waals surface area contributed by atoms with Crippen LogP contribution >= 0.6 is 12.2 Å². The minimum absolute atomic E-state index is 0.0706. The third-order valence-corrected chi connectivity index (χ3v) is 2.30. The van der Waals surface area contributed by atoms with Gasteiger partial charge in [-0.2, -0.15) is 0 Å². The van der Waals surface area contributed by atoms with Crippen molar-refractivity contribution in [3.63, 3.8) is 0 Å². The molecule has 6 nitrogen and oxygen atoms in total. The highest BCUT2D eigenvalue weighted by Gasteiger charge is 2.12. The van der Waals surface area contributed by atoms with Gasteiger partial charge in [-0.3, -0.25) is 10.1 Å². The number of hydrazine groups is 1. The molecule has 15 heavy (non-hydrogen) atoms. The molecule has 0 saturated carbocycles. The van der Waals surface area contributed by atoms with Gasteiger partial charge in [0.25, 0.3) is 5.69 Å². The van der Waals surface area contributed by atoms with E-state index in [0.717, 1.165) is 0 Å². The monoisotopic (exact) mass is 226 g/mol. The van der Waals surface area contributed by atoms with E-state index in [1.54, 1.807) is 7.05 Å². The summed E-state index contributed by atoms with van der Waals surface area (Å²) in [5.41, 5.74) is 6.31. The van der Waals surface area contributed by atoms with Crippen molar-refractivity contribution in [1.82, 2.24) is 5.01 Å². The average Bonchev–Trinajstić information content (AvgIpc) is 2.16. The summed E-state index contributed by atoms with van der Waals surface area (Å²) in [5, 5.41) is 11.7. The Morgan fingerprint density at radius 3 is 2.60 bits per heavy atom. The molecule has 4 N–H and O–H groups in total. The number of hydrogen-bond donors (Lipinski definition) is 2. The molecular formula is C8H10N4O2S. The smallest absolute Gasteiger partial charge is 0.271 e. The maximum absolute atomic E-state index is 10.5. The standard InChI is InChI=1S/C8H10N4O2S/c1-11(10)8(15)6-3-2-5(12(13)14)4-7(6)9/h2-4H,9-10H2,1H3. The lowest BCUT2D eigenvalue weighted by Gasteiger charge is -2.14. The van der Waals surface area contributed by atoms with Crippen LogP contribution in [0.2, 0.25) is 0 Å². The second-order valence-corrected chi connectivity index (χ2v) is 3.33. The molecule has 1 aromatic rings. The molecule has 1 aromatic carbocycles. The van der Waals surface area contributed by atoms with Crippen molar-refractivity contribution >= 4 is 28.6 Å². The Hall–Kier alpha value is -1.73. The fourth-order valence-electron chi connectivity index (χ4n) is 1.05. The summed E-state index contributed by atoms with van der Waals surface area (Å²) in [6.45, 7) is 0. The highest BCUT2D eigenvalue weighted by molar-refractivity contribution is 7.80. The second kappa shape index (κ2) is 4.20. The molecule has 0 aliphatic heterocycles. The molecule has 80 valence electrons. The van der Waals surface area contributed by atoms with E-state index in [4.69, 9.17) is 23.8 Å². The number of thiocarbonyl (C=S) groups is 1. The lowest BCUT2D eigenvalue weighted by Crippen LogP contribution is -2.32. The summed E-state index contributed by atoms with van der Waals surface area (Å²) in [6, 6.07) is 4.08. The summed E-state index contributed by atoms with van der Waals surface area (Å²) in [6.07, 6.45) is 0. The number of nitro benzene ring substituents is 1. The summed E-state index contributed by atoms with van der Waals surface area (Å²) in [4.78, 5) is 10.3. The van der Waals surface area contributed by atoms with Crippen LogP contribution in [0.5, 0.6) is 0 Å². The Bertz CT molecular complexity index is 419. The van der Waals surface area contributed by atoms with Gasteiger partial charge in [0, 0.05) is 30.4 Å². The lowest BCUT2D eigenvalue weighted by atomic mass is 10.1. The van der Waals surface area contributed by atoms with Gasteiger partial charge in [-0.15, -0.1) is 0 Å². The molecule has 1 rings (SSSR count). The zero-order valence-electron chi connectivity index (χ0n) is 8.01. The number of hydrogen-bond acceptors (Lipinski definition) is 5. The predicted octanol–water partition coefficient (Wildman–Crippen LogP) is 0.658. The number of rotatable bonds is 2. The Balaban J connectivity index is 3.14. The van der Waals surface area contributed by atoms with Crippen molar-refractivity contribution in [2.75, 3.05) is 12.8 Å². The quantitative estimate of drug-likeness (QED) is 0.253. The van der Waals surface area contributed by atoms with Gasteiger partial charge < -0.3 is 10.7 Å². The Labute approximate surface area is 91.6 Å². The zero-order valence-corrected chi connectivity index (χ0v) is 8.82. The van der Waals surface area contributed by atoms with E-state index in [1.807, 2.05) is 0 Å². The third-order valence-electron chi connectivity index (χ3n) is 1.80. The largest absolute Gasteiger partial charge is 0.398 e. The summed E-state index contributed by atoms with van der Waals surface area (Å²) in [5.74, 6) is 5.44. The van der Waals surface area contributed by atoms with Gasteiger partial charge in [0.1, 0.15) is 4.99 Å². The van der Waals surface area contributed by atoms with Crippen LogP contribution in [0, 0.1) is 10.1 Å². The highest BCUT2D eigenvalue weighted by Crippen LogP contribution is 2.20. The fourth-order valence-corrected chi connectivity index (χ4v) is 1.23. The van der Waals surface area contributed by atoms with E-state index in [1.165, 1.54) is 23.2 Å². The molecule has 0 aliphatic rings. The van der Waals surface area contributed by atoms with E-state index < -0.39 is 4.92 Å². The van der Waals surface area contributed by atoms with Crippen LogP contribution in [-0.4, -0.2) is 22.0 Å². The third kappa shape index (κ3) is 2.39. The molecule has 0 saturated heterocycles. The predicted molar refractivity (Wildman–Crippen MR) is 61.2 cm³/mol. The molecule has 0 heterocycles.